The van der Waals surface area contributed by atoms with E-state index in [1.807, 2.05) is 24.3 Å². The van der Waals surface area contributed by atoms with Crippen molar-refractivity contribution in [3.05, 3.63) is 64.7 Å². The van der Waals surface area contributed by atoms with Gasteiger partial charge in [-0.15, -0.1) is 11.3 Å². The molecule has 2 aromatic carbocycles. The molecule has 1 unspecified atom stereocenters. The summed E-state index contributed by atoms with van der Waals surface area (Å²) < 4.78 is 27.5. The van der Waals surface area contributed by atoms with E-state index in [4.69, 9.17) is 5.73 Å². The highest BCUT2D eigenvalue weighted by atomic mass is 32.1. The van der Waals surface area contributed by atoms with E-state index < -0.39 is 17.7 Å². The number of halogens is 2. The van der Waals surface area contributed by atoms with Crippen molar-refractivity contribution >= 4 is 21.6 Å². The van der Waals surface area contributed by atoms with Gasteiger partial charge < -0.3 is 5.73 Å². The quantitative estimate of drug-likeness (QED) is 0.796. The van der Waals surface area contributed by atoms with Gasteiger partial charge in [0.15, 0.2) is 0 Å². The minimum Gasteiger partial charge on any atom is -0.324 e. The Balaban J connectivity index is 1.86. The Morgan fingerprint density at radius 3 is 2.50 bits per heavy atom. The Hall–Kier alpha value is -1.85. The first-order valence-electron chi connectivity index (χ1n) is 6.18. The minimum atomic E-state index is -0.611. The van der Waals surface area contributed by atoms with Crippen LogP contribution in [-0.4, -0.2) is 4.98 Å². The van der Waals surface area contributed by atoms with Crippen LogP contribution in [0.15, 0.2) is 42.5 Å². The largest absolute Gasteiger partial charge is 0.324 e. The first-order chi connectivity index (χ1) is 9.61. The highest BCUT2D eigenvalue weighted by molar-refractivity contribution is 7.18. The third-order valence-electron chi connectivity index (χ3n) is 3.05. The van der Waals surface area contributed by atoms with Crippen molar-refractivity contribution < 1.29 is 8.78 Å². The van der Waals surface area contributed by atoms with Crippen LogP contribution in [0, 0.1) is 11.6 Å². The minimum absolute atomic E-state index is 0.446. The lowest BCUT2D eigenvalue weighted by atomic mass is 10.0. The maximum atomic E-state index is 13.2. The Morgan fingerprint density at radius 1 is 1.10 bits per heavy atom. The summed E-state index contributed by atoms with van der Waals surface area (Å²) in [6.07, 6.45) is 0.461. The van der Waals surface area contributed by atoms with E-state index in [-0.39, 0.29) is 0 Å². The van der Waals surface area contributed by atoms with Crippen LogP contribution in [0.3, 0.4) is 0 Å². The van der Waals surface area contributed by atoms with E-state index in [1.165, 1.54) is 12.1 Å². The van der Waals surface area contributed by atoms with Gasteiger partial charge in [0.25, 0.3) is 0 Å². The van der Waals surface area contributed by atoms with Crippen LogP contribution in [0.1, 0.15) is 16.6 Å². The highest BCUT2D eigenvalue weighted by Crippen LogP contribution is 2.25. The van der Waals surface area contributed by atoms with Crippen LogP contribution in [0.25, 0.3) is 10.2 Å². The van der Waals surface area contributed by atoms with Gasteiger partial charge in [-0.1, -0.05) is 12.1 Å². The number of hydrogen-bond acceptors (Lipinski definition) is 3. The number of fused-ring (bicyclic) bond motifs is 1. The molecule has 0 aliphatic heterocycles. The van der Waals surface area contributed by atoms with Crippen molar-refractivity contribution in [2.24, 2.45) is 5.73 Å². The van der Waals surface area contributed by atoms with E-state index >= 15 is 0 Å². The van der Waals surface area contributed by atoms with Crippen LogP contribution in [0.5, 0.6) is 0 Å². The molecule has 0 amide bonds. The predicted octanol–water partition coefficient (Wildman–Crippen LogP) is 3.82. The van der Waals surface area contributed by atoms with E-state index in [2.05, 4.69) is 4.98 Å². The third kappa shape index (κ3) is 2.69. The molecule has 0 fully saturated rings. The molecule has 1 atom stereocenters. The van der Waals surface area contributed by atoms with Crippen LogP contribution < -0.4 is 5.73 Å². The summed E-state index contributed by atoms with van der Waals surface area (Å²) in [7, 11) is 0. The Labute approximate surface area is 118 Å². The smallest absolute Gasteiger partial charge is 0.126 e. The third-order valence-corrected chi connectivity index (χ3v) is 4.10. The lowest BCUT2D eigenvalue weighted by molar-refractivity contribution is 0.572. The van der Waals surface area contributed by atoms with Gasteiger partial charge in [0.05, 0.1) is 15.2 Å². The fraction of sp³-hybridized carbons (Fsp3) is 0.133. The predicted molar refractivity (Wildman–Crippen MR) is 76.6 cm³/mol. The molecule has 20 heavy (non-hydrogen) atoms. The number of nitrogens with zero attached hydrogens (tertiary/aromatic N) is 1. The molecule has 102 valence electrons. The van der Waals surface area contributed by atoms with Crippen molar-refractivity contribution in [1.82, 2.24) is 4.98 Å². The van der Waals surface area contributed by atoms with Gasteiger partial charge in [-0.2, -0.15) is 0 Å². The molecular formula is C15H12F2N2S. The van der Waals surface area contributed by atoms with Crippen molar-refractivity contribution in [1.29, 1.82) is 0 Å². The molecule has 2 N–H and O–H groups in total. The molecule has 0 aliphatic rings. The summed E-state index contributed by atoms with van der Waals surface area (Å²) >= 11 is 1.55. The molecule has 5 heteroatoms. The topological polar surface area (TPSA) is 38.9 Å². The monoisotopic (exact) mass is 290 g/mol. The Kier molecular flexibility index (Phi) is 3.46. The van der Waals surface area contributed by atoms with Crippen molar-refractivity contribution in [3.8, 4) is 0 Å². The first-order valence-corrected chi connectivity index (χ1v) is 6.99. The molecule has 0 bridgehead atoms. The van der Waals surface area contributed by atoms with E-state index in [0.29, 0.717) is 12.0 Å². The normalized spacial score (nSPS) is 12.8. The molecule has 3 rings (SSSR count). The first kappa shape index (κ1) is 13.1. The fourth-order valence-electron chi connectivity index (χ4n) is 2.10. The Morgan fingerprint density at radius 2 is 1.80 bits per heavy atom. The number of aromatic nitrogens is 1. The van der Waals surface area contributed by atoms with Gasteiger partial charge >= 0.3 is 0 Å². The summed E-state index contributed by atoms with van der Waals surface area (Å²) in [5.41, 5.74) is 7.39. The van der Waals surface area contributed by atoms with Crippen LogP contribution in [0.4, 0.5) is 8.78 Å². The summed E-state index contributed by atoms with van der Waals surface area (Å²) in [5.74, 6) is -1.22. The van der Waals surface area contributed by atoms with Gasteiger partial charge in [0, 0.05) is 18.5 Å². The molecule has 3 aromatic rings. The van der Waals surface area contributed by atoms with Crippen LogP contribution in [0.2, 0.25) is 0 Å². The van der Waals surface area contributed by atoms with Crippen molar-refractivity contribution in [2.45, 2.75) is 12.5 Å². The van der Waals surface area contributed by atoms with E-state index in [9.17, 15) is 8.78 Å². The van der Waals surface area contributed by atoms with Gasteiger partial charge in [-0.05, 0) is 29.8 Å². The molecule has 0 spiro atoms. The summed E-state index contributed by atoms with van der Waals surface area (Å²) in [6.45, 7) is 0. The van der Waals surface area contributed by atoms with Gasteiger partial charge in [0.1, 0.15) is 11.6 Å². The molecule has 0 saturated carbocycles. The maximum absolute atomic E-state index is 13.2. The SMILES string of the molecule is NC(Cc1nc2ccccc2s1)c1cc(F)cc(F)c1. The molecular weight excluding hydrogens is 278 g/mol. The van der Waals surface area contributed by atoms with Crippen LogP contribution >= 0.6 is 11.3 Å². The van der Waals surface area contributed by atoms with Gasteiger partial charge in [0.2, 0.25) is 0 Å². The lowest BCUT2D eigenvalue weighted by Crippen LogP contribution is -2.13. The highest BCUT2D eigenvalue weighted by Gasteiger charge is 2.13. The average molecular weight is 290 g/mol. The van der Waals surface area contributed by atoms with Crippen molar-refractivity contribution in [2.75, 3.05) is 0 Å². The summed E-state index contributed by atoms with van der Waals surface area (Å²) in [6, 6.07) is 10.7. The van der Waals surface area contributed by atoms with Gasteiger partial charge in [-0.3, -0.25) is 0 Å². The van der Waals surface area contributed by atoms with Gasteiger partial charge in [-0.25, -0.2) is 13.8 Å². The fourth-order valence-corrected chi connectivity index (χ4v) is 3.13. The standard InChI is InChI=1S/C15H12F2N2S/c16-10-5-9(6-11(17)7-10)12(18)8-15-19-13-3-1-2-4-14(13)20-15/h1-7,12H,8,18H2. The average Bonchev–Trinajstić information content (AvgIpc) is 2.79. The number of nitrogens with two attached hydrogens (primary N) is 1. The molecule has 2 nitrogen and oxygen atoms in total. The molecule has 1 aromatic heterocycles. The molecule has 1 heterocycles. The Bertz CT molecular complexity index is 701. The van der Waals surface area contributed by atoms with Crippen molar-refractivity contribution in [3.63, 3.8) is 0 Å². The zero-order chi connectivity index (χ0) is 14.1. The maximum Gasteiger partial charge on any atom is 0.126 e. The molecule has 0 saturated heterocycles. The summed E-state index contributed by atoms with van der Waals surface area (Å²) in [5, 5.41) is 0.864. The van der Waals surface area contributed by atoms with E-state index in [0.717, 1.165) is 21.3 Å². The second kappa shape index (κ2) is 5.26. The number of para-hydroxylation sites is 1. The second-order valence-corrected chi connectivity index (χ2v) is 5.70. The summed E-state index contributed by atoms with van der Waals surface area (Å²) in [4.78, 5) is 4.47. The van der Waals surface area contributed by atoms with Crippen LogP contribution in [-0.2, 0) is 6.42 Å². The zero-order valence-electron chi connectivity index (χ0n) is 10.5. The second-order valence-electron chi connectivity index (χ2n) is 4.59. The zero-order valence-corrected chi connectivity index (χ0v) is 11.3. The molecule has 0 radical (unpaired) electrons. The van der Waals surface area contributed by atoms with E-state index in [1.54, 1.807) is 11.3 Å². The lowest BCUT2D eigenvalue weighted by Gasteiger charge is -2.10. The number of rotatable bonds is 3. The number of benzene rings is 2. The number of thiazole rings is 1. The molecule has 0 aliphatic carbocycles. The number of hydrogen-bond donors (Lipinski definition) is 1.